The maximum absolute atomic E-state index is 12.7. The Bertz CT molecular complexity index is 992. The monoisotopic (exact) mass is 450 g/mol. The molecule has 0 radical (unpaired) electrons. The van der Waals surface area contributed by atoms with Gasteiger partial charge in [0, 0.05) is 7.11 Å². The molecule has 0 N–H and O–H groups in total. The van der Waals surface area contributed by atoms with Gasteiger partial charge in [-0.1, -0.05) is 36.4 Å². The summed E-state index contributed by atoms with van der Waals surface area (Å²) in [6, 6.07) is 16.2. The van der Waals surface area contributed by atoms with Crippen LogP contribution in [0.5, 0.6) is 0 Å². The molecule has 2 aromatic carbocycles. The zero-order valence-corrected chi connectivity index (χ0v) is 17.7. The molecule has 1 saturated heterocycles. The molecule has 1 aliphatic heterocycles. The molecular formula is C21H22O9S. The summed E-state index contributed by atoms with van der Waals surface area (Å²) < 4.78 is 50.4. The van der Waals surface area contributed by atoms with Crippen molar-refractivity contribution < 1.29 is 41.1 Å². The van der Waals surface area contributed by atoms with Crippen molar-refractivity contribution in [3.8, 4) is 0 Å². The molecule has 166 valence electrons. The molecule has 31 heavy (non-hydrogen) atoms. The lowest BCUT2D eigenvalue weighted by molar-refractivity contribution is -0.256. The third-order valence-electron chi connectivity index (χ3n) is 4.42. The molecule has 3 rings (SSSR count). The number of esters is 2. The molecule has 9 nitrogen and oxygen atoms in total. The van der Waals surface area contributed by atoms with Gasteiger partial charge in [-0.15, -0.1) is 0 Å². The van der Waals surface area contributed by atoms with Gasteiger partial charge in [-0.3, -0.25) is 4.18 Å². The predicted molar refractivity (Wildman–Crippen MR) is 108 cm³/mol. The second-order valence-electron chi connectivity index (χ2n) is 6.75. The van der Waals surface area contributed by atoms with Gasteiger partial charge in [-0.05, 0) is 24.3 Å². The van der Waals surface area contributed by atoms with E-state index in [1.54, 1.807) is 48.5 Å². The first-order valence-electron chi connectivity index (χ1n) is 9.33. The van der Waals surface area contributed by atoms with Crippen molar-refractivity contribution in [2.45, 2.75) is 24.6 Å². The fourth-order valence-electron chi connectivity index (χ4n) is 3.05. The van der Waals surface area contributed by atoms with Gasteiger partial charge in [0.2, 0.25) is 0 Å². The maximum Gasteiger partial charge on any atom is 0.338 e. The first-order valence-corrected chi connectivity index (χ1v) is 11.1. The average Bonchev–Trinajstić information content (AvgIpc) is 2.76. The van der Waals surface area contributed by atoms with Gasteiger partial charge in [0.05, 0.1) is 24.0 Å². The van der Waals surface area contributed by atoms with Crippen molar-refractivity contribution in [3.63, 3.8) is 0 Å². The van der Waals surface area contributed by atoms with Crippen LogP contribution in [-0.2, 0) is 33.2 Å². The molecule has 10 heteroatoms. The summed E-state index contributed by atoms with van der Waals surface area (Å²) in [6.07, 6.45) is -4.10. The number of ether oxygens (including phenoxy) is 4. The van der Waals surface area contributed by atoms with E-state index in [2.05, 4.69) is 0 Å². The molecule has 0 aliphatic carbocycles. The zero-order chi connectivity index (χ0) is 22.4. The number of carbonyl (C=O) groups is 2. The van der Waals surface area contributed by atoms with E-state index in [0.717, 1.165) is 6.26 Å². The van der Waals surface area contributed by atoms with Crippen LogP contribution >= 0.6 is 0 Å². The van der Waals surface area contributed by atoms with E-state index >= 15 is 0 Å². The number of hydrogen-bond donors (Lipinski definition) is 0. The summed E-state index contributed by atoms with van der Waals surface area (Å²) in [4.78, 5) is 25.3. The highest BCUT2D eigenvalue weighted by Crippen LogP contribution is 2.27. The Morgan fingerprint density at radius 2 is 1.35 bits per heavy atom. The molecule has 0 amide bonds. The van der Waals surface area contributed by atoms with E-state index in [1.807, 2.05) is 0 Å². The minimum Gasteiger partial charge on any atom is -0.452 e. The summed E-state index contributed by atoms with van der Waals surface area (Å²) >= 11 is 0. The van der Waals surface area contributed by atoms with E-state index in [0.29, 0.717) is 0 Å². The van der Waals surface area contributed by atoms with E-state index in [-0.39, 0.29) is 17.7 Å². The highest BCUT2D eigenvalue weighted by atomic mass is 32.2. The van der Waals surface area contributed by atoms with Crippen molar-refractivity contribution in [1.29, 1.82) is 0 Å². The van der Waals surface area contributed by atoms with E-state index in [9.17, 15) is 18.0 Å². The lowest BCUT2D eigenvalue weighted by atomic mass is 10.0. The molecule has 0 bridgehead atoms. The summed E-state index contributed by atoms with van der Waals surface area (Å²) in [7, 11) is -2.62. The lowest BCUT2D eigenvalue weighted by Gasteiger charge is -2.39. The van der Waals surface area contributed by atoms with Crippen molar-refractivity contribution >= 4 is 22.1 Å². The first kappa shape index (κ1) is 22.9. The molecule has 1 heterocycles. The number of rotatable bonds is 7. The Hall–Kier alpha value is -2.79. The van der Waals surface area contributed by atoms with Crippen LogP contribution in [0.3, 0.4) is 0 Å². The van der Waals surface area contributed by atoms with Crippen LogP contribution in [0, 0.1) is 0 Å². The molecular weight excluding hydrogens is 428 g/mol. The fraction of sp³-hybridized carbons (Fsp3) is 0.333. The van der Waals surface area contributed by atoms with Crippen LogP contribution in [0.2, 0.25) is 0 Å². The highest BCUT2D eigenvalue weighted by molar-refractivity contribution is 7.86. The minimum atomic E-state index is -3.94. The normalized spacial score (nSPS) is 23.7. The predicted octanol–water partition coefficient (Wildman–Crippen LogP) is 1.79. The second kappa shape index (κ2) is 10.0. The molecule has 0 aromatic heterocycles. The minimum absolute atomic E-state index is 0.231. The largest absolute Gasteiger partial charge is 0.452 e. The molecule has 2 aromatic rings. The van der Waals surface area contributed by atoms with Crippen molar-refractivity contribution in [3.05, 3.63) is 71.8 Å². The van der Waals surface area contributed by atoms with E-state index in [4.69, 9.17) is 23.1 Å². The van der Waals surface area contributed by atoms with E-state index < -0.39 is 46.7 Å². The van der Waals surface area contributed by atoms with Crippen molar-refractivity contribution in [2.75, 3.05) is 20.0 Å². The number of methoxy groups -OCH3 is 1. The Labute approximate surface area is 179 Å². The number of carbonyl (C=O) groups excluding carboxylic acids is 2. The highest BCUT2D eigenvalue weighted by Gasteiger charge is 2.48. The van der Waals surface area contributed by atoms with Gasteiger partial charge in [0.1, 0.15) is 6.10 Å². The smallest absolute Gasteiger partial charge is 0.338 e. The molecule has 0 spiro atoms. The van der Waals surface area contributed by atoms with Crippen LogP contribution < -0.4 is 0 Å². The summed E-state index contributed by atoms with van der Waals surface area (Å²) in [5.74, 6) is -1.47. The lowest BCUT2D eigenvalue weighted by Crippen LogP contribution is -2.58. The van der Waals surface area contributed by atoms with Gasteiger partial charge >= 0.3 is 11.9 Å². The fourth-order valence-corrected chi connectivity index (χ4v) is 3.67. The number of hydrogen-bond acceptors (Lipinski definition) is 9. The quantitative estimate of drug-likeness (QED) is 0.460. The standard InChI is InChI=1S/C21H22O9S/c1-26-21-18(29-20(23)15-11-7-4-8-12-15)17(16(13-27-21)30-31(2,24)25)28-19(22)14-9-5-3-6-10-14/h3-12,16-18,21H,13H2,1-2H3/t16-,17-,18+,21-/m1/s1. The molecule has 1 fully saturated rings. The third-order valence-corrected chi connectivity index (χ3v) is 5.02. The van der Waals surface area contributed by atoms with Crippen LogP contribution in [0.4, 0.5) is 0 Å². The average molecular weight is 450 g/mol. The van der Waals surface area contributed by atoms with Crippen LogP contribution in [0.15, 0.2) is 60.7 Å². The summed E-state index contributed by atoms with van der Waals surface area (Å²) in [6.45, 7) is -0.266. The summed E-state index contributed by atoms with van der Waals surface area (Å²) in [5.41, 5.74) is 0.478. The SMILES string of the molecule is CO[C@@H]1OC[C@@H](OS(C)(=O)=O)[C@@H](OC(=O)c2ccccc2)[C@@H]1OC(=O)c1ccccc1. The van der Waals surface area contributed by atoms with Crippen LogP contribution in [0.25, 0.3) is 0 Å². The number of benzene rings is 2. The van der Waals surface area contributed by atoms with Gasteiger partial charge in [0.15, 0.2) is 18.5 Å². The topological polar surface area (TPSA) is 114 Å². The van der Waals surface area contributed by atoms with Crippen LogP contribution in [0.1, 0.15) is 20.7 Å². The van der Waals surface area contributed by atoms with Crippen molar-refractivity contribution in [2.24, 2.45) is 0 Å². The molecule has 0 saturated carbocycles. The third kappa shape index (κ3) is 6.11. The maximum atomic E-state index is 12.7. The Balaban J connectivity index is 1.90. The van der Waals surface area contributed by atoms with Gasteiger partial charge < -0.3 is 18.9 Å². The molecule has 0 unspecified atom stereocenters. The van der Waals surface area contributed by atoms with E-state index in [1.165, 1.54) is 19.2 Å². The Morgan fingerprint density at radius 3 is 1.81 bits per heavy atom. The first-order chi connectivity index (χ1) is 14.8. The molecule has 4 atom stereocenters. The summed E-state index contributed by atoms with van der Waals surface area (Å²) in [5, 5.41) is 0. The van der Waals surface area contributed by atoms with Crippen LogP contribution in [-0.4, -0.2) is 64.9 Å². The second-order valence-corrected chi connectivity index (χ2v) is 8.35. The Kier molecular flexibility index (Phi) is 7.39. The Morgan fingerprint density at radius 1 is 0.871 bits per heavy atom. The van der Waals surface area contributed by atoms with Gasteiger partial charge in [-0.2, -0.15) is 8.42 Å². The molecule has 1 aliphatic rings. The van der Waals surface area contributed by atoms with Gasteiger partial charge in [-0.25, -0.2) is 9.59 Å². The van der Waals surface area contributed by atoms with Crippen molar-refractivity contribution in [1.82, 2.24) is 0 Å². The zero-order valence-electron chi connectivity index (χ0n) is 16.9. The van der Waals surface area contributed by atoms with Gasteiger partial charge in [0.25, 0.3) is 10.1 Å².